The lowest BCUT2D eigenvalue weighted by Crippen LogP contribution is -2.47. The summed E-state index contributed by atoms with van der Waals surface area (Å²) in [6.45, 7) is 4.09. The summed E-state index contributed by atoms with van der Waals surface area (Å²) in [7, 11) is -3.55. The van der Waals surface area contributed by atoms with E-state index in [1.54, 1.807) is 17.2 Å². The van der Waals surface area contributed by atoms with E-state index < -0.39 is 10.0 Å². The minimum absolute atomic E-state index is 0.176. The average Bonchev–Trinajstić information content (AvgIpc) is 2.48. The summed E-state index contributed by atoms with van der Waals surface area (Å²) >= 11 is 0. The van der Waals surface area contributed by atoms with Crippen molar-refractivity contribution in [2.75, 3.05) is 38.0 Å². The van der Waals surface area contributed by atoms with Crippen molar-refractivity contribution in [1.29, 1.82) is 0 Å². The smallest absolute Gasteiger partial charge is 0.244 e. The Hall–Kier alpha value is -1.67. The van der Waals surface area contributed by atoms with Crippen molar-refractivity contribution in [2.24, 2.45) is 0 Å². The van der Waals surface area contributed by atoms with Gasteiger partial charge in [-0.15, -0.1) is 0 Å². The number of piperazine rings is 1. The van der Waals surface area contributed by atoms with Crippen LogP contribution in [0.1, 0.15) is 6.92 Å². The SMILES string of the molecule is CCNc1cncc(S(=O)(=O)N2CCN(C=O)CC2)c1. The molecular weight excluding hydrogens is 280 g/mol. The first-order valence-corrected chi connectivity index (χ1v) is 7.90. The molecule has 0 bridgehead atoms. The number of sulfonamides is 1. The van der Waals surface area contributed by atoms with Crippen LogP contribution in [0.15, 0.2) is 23.4 Å². The summed E-state index contributed by atoms with van der Waals surface area (Å²) in [6, 6.07) is 1.58. The predicted octanol–water partition coefficient (Wildman–Crippen LogP) is -0.0239. The summed E-state index contributed by atoms with van der Waals surface area (Å²) in [6.07, 6.45) is 3.69. The molecule has 110 valence electrons. The quantitative estimate of drug-likeness (QED) is 0.772. The monoisotopic (exact) mass is 298 g/mol. The molecule has 1 saturated heterocycles. The zero-order chi connectivity index (χ0) is 14.6. The van der Waals surface area contributed by atoms with Crippen LogP contribution in [-0.4, -0.2) is 61.7 Å². The van der Waals surface area contributed by atoms with Gasteiger partial charge in [0.05, 0.1) is 11.9 Å². The zero-order valence-electron chi connectivity index (χ0n) is 11.3. The van der Waals surface area contributed by atoms with E-state index >= 15 is 0 Å². The molecule has 0 atom stereocenters. The third-order valence-electron chi connectivity index (χ3n) is 3.15. The number of amides is 1. The highest BCUT2D eigenvalue weighted by atomic mass is 32.2. The fourth-order valence-corrected chi connectivity index (χ4v) is 3.47. The number of carbonyl (C=O) groups excluding carboxylic acids is 1. The zero-order valence-corrected chi connectivity index (χ0v) is 12.1. The van der Waals surface area contributed by atoms with Gasteiger partial charge in [0.15, 0.2) is 0 Å². The van der Waals surface area contributed by atoms with Gasteiger partial charge in [-0.2, -0.15) is 4.31 Å². The molecule has 1 aromatic rings. The van der Waals surface area contributed by atoms with E-state index in [1.807, 2.05) is 6.92 Å². The Bertz CT molecular complexity index is 568. The van der Waals surface area contributed by atoms with E-state index in [2.05, 4.69) is 10.3 Å². The van der Waals surface area contributed by atoms with Gasteiger partial charge in [-0.1, -0.05) is 0 Å². The third kappa shape index (κ3) is 3.07. The van der Waals surface area contributed by atoms with E-state index in [1.165, 1.54) is 10.5 Å². The van der Waals surface area contributed by atoms with Crippen LogP contribution in [0.4, 0.5) is 5.69 Å². The minimum Gasteiger partial charge on any atom is -0.384 e. The van der Waals surface area contributed by atoms with E-state index in [0.717, 1.165) is 6.41 Å². The third-order valence-corrected chi connectivity index (χ3v) is 5.02. The van der Waals surface area contributed by atoms with Crippen LogP contribution >= 0.6 is 0 Å². The van der Waals surface area contributed by atoms with Crippen molar-refractivity contribution < 1.29 is 13.2 Å². The van der Waals surface area contributed by atoms with E-state index in [9.17, 15) is 13.2 Å². The molecule has 1 aliphatic heterocycles. The van der Waals surface area contributed by atoms with Crippen molar-refractivity contribution >= 4 is 22.1 Å². The summed E-state index contributed by atoms with van der Waals surface area (Å²) in [5.41, 5.74) is 0.681. The minimum atomic E-state index is -3.55. The first-order chi connectivity index (χ1) is 9.57. The van der Waals surface area contributed by atoms with Gasteiger partial charge < -0.3 is 10.2 Å². The number of hydrogen-bond acceptors (Lipinski definition) is 5. The highest BCUT2D eigenvalue weighted by Crippen LogP contribution is 2.19. The molecule has 1 amide bonds. The van der Waals surface area contributed by atoms with Crippen LogP contribution in [0.2, 0.25) is 0 Å². The molecule has 1 fully saturated rings. The van der Waals surface area contributed by atoms with E-state index in [-0.39, 0.29) is 4.90 Å². The number of nitrogens with zero attached hydrogens (tertiary/aromatic N) is 3. The van der Waals surface area contributed by atoms with Crippen molar-refractivity contribution in [3.63, 3.8) is 0 Å². The number of anilines is 1. The number of hydrogen-bond donors (Lipinski definition) is 1. The molecule has 8 heteroatoms. The lowest BCUT2D eigenvalue weighted by atomic mass is 10.4. The first kappa shape index (κ1) is 14.7. The predicted molar refractivity (Wildman–Crippen MR) is 74.8 cm³/mol. The molecule has 0 saturated carbocycles. The molecule has 0 radical (unpaired) electrons. The van der Waals surface area contributed by atoms with Gasteiger partial charge in [0.1, 0.15) is 4.90 Å². The van der Waals surface area contributed by atoms with Crippen LogP contribution in [-0.2, 0) is 14.8 Å². The maximum absolute atomic E-state index is 12.5. The number of carbonyl (C=O) groups is 1. The fourth-order valence-electron chi connectivity index (χ4n) is 2.06. The summed E-state index contributed by atoms with van der Waals surface area (Å²) < 4.78 is 26.4. The van der Waals surface area contributed by atoms with Gasteiger partial charge >= 0.3 is 0 Å². The summed E-state index contributed by atoms with van der Waals surface area (Å²) in [4.78, 5) is 16.3. The Balaban J connectivity index is 2.18. The molecule has 0 unspecified atom stereocenters. The van der Waals surface area contributed by atoms with Crippen LogP contribution < -0.4 is 5.32 Å². The van der Waals surface area contributed by atoms with Crippen LogP contribution in [0.25, 0.3) is 0 Å². The average molecular weight is 298 g/mol. The maximum atomic E-state index is 12.5. The molecule has 1 aliphatic rings. The van der Waals surface area contributed by atoms with Gasteiger partial charge in [0.25, 0.3) is 0 Å². The van der Waals surface area contributed by atoms with Gasteiger partial charge in [0, 0.05) is 38.9 Å². The maximum Gasteiger partial charge on any atom is 0.244 e. The molecule has 0 spiro atoms. The topological polar surface area (TPSA) is 82.6 Å². The molecule has 2 rings (SSSR count). The second-order valence-electron chi connectivity index (χ2n) is 4.49. The highest BCUT2D eigenvalue weighted by molar-refractivity contribution is 7.89. The standard InChI is InChI=1S/C12H18N4O3S/c1-2-14-11-7-12(9-13-8-11)20(18,19)16-5-3-15(10-17)4-6-16/h7-10,14H,2-6H2,1H3. The first-order valence-electron chi connectivity index (χ1n) is 6.46. The lowest BCUT2D eigenvalue weighted by molar-refractivity contribution is -0.119. The summed E-state index contributed by atoms with van der Waals surface area (Å²) in [5, 5.41) is 3.04. The van der Waals surface area contributed by atoms with Crippen LogP contribution in [0.5, 0.6) is 0 Å². The molecule has 1 N–H and O–H groups in total. The molecule has 2 heterocycles. The number of aromatic nitrogens is 1. The Kier molecular flexibility index (Phi) is 4.56. The van der Waals surface area contributed by atoms with E-state index in [4.69, 9.17) is 0 Å². The molecule has 0 aromatic carbocycles. The number of rotatable bonds is 5. The van der Waals surface area contributed by atoms with Crippen LogP contribution in [0.3, 0.4) is 0 Å². The van der Waals surface area contributed by atoms with Crippen LogP contribution in [0, 0.1) is 0 Å². The summed E-state index contributed by atoms with van der Waals surface area (Å²) in [5.74, 6) is 0. The molecule has 20 heavy (non-hydrogen) atoms. The van der Waals surface area contributed by atoms with Crippen molar-refractivity contribution in [3.05, 3.63) is 18.5 Å². The van der Waals surface area contributed by atoms with Gasteiger partial charge in [-0.25, -0.2) is 8.42 Å². The van der Waals surface area contributed by atoms with Crippen molar-refractivity contribution in [1.82, 2.24) is 14.2 Å². The Morgan fingerprint density at radius 1 is 1.30 bits per heavy atom. The highest BCUT2D eigenvalue weighted by Gasteiger charge is 2.28. The van der Waals surface area contributed by atoms with Gasteiger partial charge in [-0.3, -0.25) is 9.78 Å². The number of nitrogens with one attached hydrogen (secondary N) is 1. The Morgan fingerprint density at radius 3 is 2.60 bits per heavy atom. The number of pyridine rings is 1. The largest absolute Gasteiger partial charge is 0.384 e. The second kappa shape index (κ2) is 6.19. The fraction of sp³-hybridized carbons (Fsp3) is 0.500. The van der Waals surface area contributed by atoms with Gasteiger partial charge in [0.2, 0.25) is 16.4 Å². The molecule has 0 aliphatic carbocycles. The molecule has 1 aromatic heterocycles. The van der Waals surface area contributed by atoms with Crippen molar-refractivity contribution in [2.45, 2.75) is 11.8 Å². The Morgan fingerprint density at radius 2 is 2.00 bits per heavy atom. The lowest BCUT2D eigenvalue weighted by Gasteiger charge is -2.31. The normalized spacial score (nSPS) is 16.9. The van der Waals surface area contributed by atoms with Gasteiger partial charge in [-0.05, 0) is 13.0 Å². The second-order valence-corrected chi connectivity index (χ2v) is 6.42. The Labute approximate surface area is 118 Å². The van der Waals surface area contributed by atoms with E-state index in [0.29, 0.717) is 38.4 Å². The molecule has 7 nitrogen and oxygen atoms in total. The molecular formula is C12H18N4O3S. The van der Waals surface area contributed by atoms with Crippen molar-refractivity contribution in [3.8, 4) is 0 Å².